The Bertz CT molecular complexity index is 185. The van der Waals surface area contributed by atoms with Crippen molar-refractivity contribution in [3.05, 3.63) is 0 Å². The molecule has 0 unspecified atom stereocenters. The summed E-state index contributed by atoms with van der Waals surface area (Å²) in [7, 11) is 1.66. The molecule has 5 heteroatoms. The normalized spacial score (nSPS) is 11.3. The third-order valence-electron chi connectivity index (χ3n) is 2.23. The molecule has 0 aliphatic heterocycles. The van der Waals surface area contributed by atoms with Gasteiger partial charge in [-0.15, -0.1) is 0 Å². The molecule has 16 heavy (non-hydrogen) atoms. The lowest BCUT2D eigenvalue weighted by atomic mass is 10.3. The van der Waals surface area contributed by atoms with E-state index in [2.05, 4.69) is 0 Å². The van der Waals surface area contributed by atoms with Gasteiger partial charge in [0, 0.05) is 32.9 Å². The second-order valence-electron chi connectivity index (χ2n) is 3.92. The minimum absolute atomic E-state index is 0.0685. The third kappa shape index (κ3) is 8.64. The zero-order valence-corrected chi connectivity index (χ0v) is 10.4. The van der Waals surface area contributed by atoms with E-state index in [0.29, 0.717) is 26.4 Å². The molecule has 0 spiro atoms. The lowest BCUT2D eigenvalue weighted by molar-refractivity contribution is -0.139. The lowest BCUT2D eigenvalue weighted by Crippen LogP contribution is -2.38. The third-order valence-corrected chi connectivity index (χ3v) is 2.23. The summed E-state index contributed by atoms with van der Waals surface area (Å²) < 4.78 is 10.3. The maximum atomic E-state index is 10.6. The number of ether oxygens (including phenoxy) is 2. The van der Waals surface area contributed by atoms with Crippen LogP contribution in [0.5, 0.6) is 0 Å². The first kappa shape index (κ1) is 15.3. The van der Waals surface area contributed by atoms with Gasteiger partial charge in [0.1, 0.15) is 0 Å². The molecule has 96 valence electrons. The van der Waals surface area contributed by atoms with Crippen LogP contribution in [-0.4, -0.2) is 62.0 Å². The fourth-order valence-corrected chi connectivity index (χ4v) is 1.28. The van der Waals surface area contributed by atoms with Gasteiger partial charge >= 0.3 is 5.97 Å². The predicted octanol–water partition coefficient (Wildman–Crippen LogP) is 0.835. The second kappa shape index (κ2) is 9.57. The summed E-state index contributed by atoms with van der Waals surface area (Å²) in [5, 5.41) is 8.71. The summed E-state index contributed by atoms with van der Waals surface area (Å²) in [4.78, 5) is 12.5. The molecule has 0 saturated heterocycles. The van der Waals surface area contributed by atoms with Gasteiger partial charge < -0.3 is 14.6 Å². The van der Waals surface area contributed by atoms with Crippen molar-refractivity contribution in [2.75, 3.05) is 40.0 Å². The van der Waals surface area contributed by atoms with Crippen LogP contribution in [0, 0.1) is 0 Å². The van der Waals surface area contributed by atoms with E-state index in [4.69, 9.17) is 14.6 Å². The molecule has 0 aromatic carbocycles. The first-order chi connectivity index (χ1) is 7.57. The smallest absolute Gasteiger partial charge is 0.317 e. The lowest BCUT2D eigenvalue weighted by Gasteiger charge is -2.24. The number of hydrogen-bond donors (Lipinski definition) is 1. The molecule has 0 bridgehead atoms. The second-order valence-corrected chi connectivity index (χ2v) is 3.92. The Morgan fingerprint density at radius 2 is 2.00 bits per heavy atom. The Kier molecular flexibility index (Phi) is 9.18. The molecule has 1 N–H and O–H groups in total. The van der Waals surface area contributed by atoms with Gasteiger partial charge in [0.05, 0.1) is 13.2 Å². The molecule has 0 atom stereocenters. The maximum absolute atomic E-state index is 10.6. The van der Waals surface area contributed by atoms with Crippen molar-refractivity contribution in [3.8, 4) is 0 Å². The van der Waals surface area contributed by atoms with Crippen molar-refractivity contribution in [2.24, 2.45) is 0 Å². The van der Waals surface area contributed by atoms with Gasteiger partial charge in [0.2, 0.25) is 0 Å². The summed E-state index contributed by atoms with van der Waals surface area (Å²) in [6, 6.07) is 0.221. The van der Waals surface area contributed by atoms with Crippen molar-refractivity contribution in [2.45, 2.75) is 26.3 Å². The van der Waals surface area contributed by atoms with Gasteiger partial charge in [-0.2, -0.15) is 0 Å². The van der Waals surface area contributed by atoms with E-state index in [9.17, 15) is 4.79 Å². The Labute approximate surface area is 97.3 Å². The quantitative estimate of drug-likeness (QED) is 0.566. The molecule has 0 aromatic heterocycles. The molecule has 0 fully saturated rings. The molecule has 0 amide bonds. The Morgan fingerprint density at radius 3 is 2.50 bits per heavy atom. The van der Waals surface area contributed by atoms with Gasteiger partial charge in [-0.1, -0.05) is 0 Å². The van der Waals surface area contributed by atoms with Crippen LogP contribution in [0.3, 0.4) is 0 Å². The molecule has 0 saturated carbocycles. The number of rotatable bonds is 10. The predicted molar refractivity (Wildman–Crippen MR) is 61.7 cm³/mol. The highest BCUT2D eigenvalue weighted by molar-refractivity contribution is 5.69. The number of nitrogens with zero attached hydrogens (tertiary/aromatic N) is 1. The van der Waals surface area contributed by atoms with Crippen LogP contribution in [-0.2, 0) is 14.3 Å². The van der Waals surface area contributed by atoms with Gasteiger partial charge in [-0.25, -0.2) is 0 Å². The summed E-state index contributed by atoms with van der Waals surface area (Å²) in [5.74, 6) is -0.798. The fraction of sp³-hybridized carbons (Fsp3) is 0.909. The summed E-state index contributed by atoms with van der Waals surface area (Å²) >= 11 is 0. The zero-order chi connectivity index (χ0) is 12.4. The Balaban J connectivity index is 3.56. The molecule has 0 heterocycles. The number of carbonyl (C=O) groups is 1. The Hall–Kier alpha value is -0.650. The largest absolute Gasteiger partial charge is 0.480 e. The maximum Gasteiger partial charge on any atom is 0.317 e. The average Bonchev–Trinajstić information content (AvgIpc) is 2.20. The van der Waals surface area contributed by atoms with Crippen LogP contribution < -0.4 is 0 Å². The molecular formula is C11H23NO4. The van der Waals surface area contributed by atoms with E-state index in [0.717, 1.165) is 6.42 Å². The topological polar surface area (TPSA) is 59.0 Å². The molecule has 0 aromatic rings. The van der Waals surface area contributed by atoms with E-state index >= 15 is 0 Å². The van der Waals surface area contributed by atoms with Crippen molar-refractivity contribution in [3.63, 3.8) is 0 Å². The van der Waals surface area contributed by atoms with E-state index in [1.165, 1.54) is 0 Å². The molecule has 0 aliphatic carbocycles. The zero-order valence-electron chi connectivity index (χ0n) is 10.4. The summed E-state index contributed by atoms with van der Waals surface area (Å²) in [5.41, 5.74) is 0. The molecular weight excluding hydrogens is 210 g/mol. The Morgan fingerprint density at radius 1 is 1.31 bits per heavy atom. The molecule has 0 aliphatic rings. The number of carboxylic acids is 1. The highest BCUT2D eigenvalue weighted by Gasteiger charge is 2.12. The van der Waals surface area contributed by atoms with Crippen molar-refractivity contribution >= 4 is 5.97 Å². The number of hydrogen-bond acceptors (Lipinski definition) is 4. The standard InChI is InChI=1S/C11H23NO4/c1-10(2)12(9-11(13)14)5-8-16-7-4-6-15-3/h10H,4-9H2,1-3H3,(H,13,14). The average molecular weight is 233 g/mol. The molecule has 0 rings (SSSR count). The van der Waals surface area contributed by atoms with E-state index < -0.39 is 5.97 Å². The first-order valence-electron chi connectivity index (χ1n) is 5.60. The fourth-order valence-electron chi connectivity index (χ4n) is 1.28. The van der Waals surface area contributed by atoms with Gasteiger partial charge in [0.25, 0.3) is 0 Å². The van der Waals surface area contributed by atoms with Crippen LogP contribution in [0.1, 0.15) is 20.3 Å². The van der Waals surface area contributed by atoms with Crippen molar-refractivity contribution in [1.82, 2.24) is 4.90 Å². The van der Waals surface area contributed by atoms with Crippen LogP contribution in [0.4, 0.5) is 0 Å². The van der Waals surface area contributed by atoms with Gasteiger partial charge in [0.15, 0.2) is 0 Å². The SMILES string of the molecule is COCCCOCCN(CC(=O)O)C(C)C. The van der Waals surface area contributed by atoms with Gasteiger partial charge in [-0.05, 0) is 20.3 Å². The minimum atomic E-state index is -0.798. The van der Waals surface area contributed by atoms with E-state index in [-0.39, 0.29) is 12.6 Å². The van der Waals surface area contributed by atoms with E-state index in [1.54, 1.807) is 7.11 Å². The molecule has 0 radical (unpaired) electrons. The van der Waals surface area contributed by atoms with E-state index in [1.807, 2.05) is 18.7 Å². The van der Waals surface area contributed by atoms with Crippen molar-refractivity contribution in [1.29, 1.82) is 0 Å². The molecule has 5 nitrogen and oxygen atoms in total. The monoisotopic (exact) mass is 233 g/mol. The minimum Gasteiger partial charge on any atom is -0.480 e. The van der Waals surface area contributed by atoms with Crippen molar-refractivity contribution < 1.29 is 19.4 Å². The van der Waals surface area contributed by atoms with Crippen LogP contribution >= 0.6 is 0 Å². The van der Waals surface area contributed by atoms with Crippen LogP contribution in [0.25, 0.3) is 0 Å². The summed E-state index contributed by atoms with van der Waals surface area (Å²) in [6.07, 6.45) is 0.872. The first-order valence-corrected chi connectivity index (χ1v) is 5.60. The number of aliphatic carboxylic acids is 1. The highest BCUT2D eigenvalue weighted by atomic mass is 16.5. The number of methoxy groups -OCH3 is 1. The van der Waals surface area contributed by atoms with Crippen LogP contribution in [0.15, 0.2) is 0 Å². The van der Waals surface area contributed by atoms with Crippen LogP contribution in [0.2, 0.25) is 0 Å². The number of carboxylic acid groups (broad SMARTS) is 1. The highest BCUT2D eigenvalue weighted by Crippen LogP contribution is 1.97. The van der Waals surface area contributed by atoms with Gasteiger partial charge in [-0.3, -0.25) is 9.69 Å². The summed E-state index contributed by atoms with van der Waals surface area (Å²) in [6.45, 7) is 6.60.